The second-order valence-electron chi connectivity index (χ2n) is 4.75. The summed E-state index contributed by atoms with van der Waals surface area (Å²) in [4.78, 5) is 35.6. The Morgan fingerprint density at radius 3 is 2.61 bits per heavy atom. The monoisotopic (exact) mass is 339 g/mol. The third-order valence-corrected chi connectivity index (χ3v) is 3.23. The van der Waals surface area contributed by atoms with Gasteiger partial charge in [-0.15, -0.1) is 0 Å². The normalized spacial score (nSPS) is 27.9. The molecule has 0 saturated carbocycles. The lowest BCUT2D eigenvalue weighted by Crippen LogP contribution is -2.52. The van der Waals surface area contributed by atoms with Crippen molar-refractivity contribution < 1.29 is 32.9 Å². The number of nitrogens with zero attached hydrogens (tertiary/aromatic N) is 1. The average molecular weight is 339 g/mol. The summed E-state index contributed by atoms with van der Waals surface area (Å²) in [6, 6.07) is -0.753. The highest BCUT2D eigenvalue weighted by Crippen LogP contribution is 2.29. The third-order valence-electron chi connectivity index (χ3n) is 3.23. The summed E-state index contributed by atoms with van der Waals surface area (Å²) in [5.74, 6) is -2.34. The number of rotatable bonds is 3. The zero-order valence-electron chi connectivity index (χ0n) is 11.3. The molecule has 4 atom stereocenters. The molecule has 0 aromatic carbocycles. The highest BCUT2D eigenvalue weighted by molar-refractivity contribution is 5.82. The number of aliphatic hydroxyl groups is 2. The molecule has 0 spiro atoms. The minimum absolute atomic E-state index is 0.696. The Morgan fingerprint density at radius 2 is 2.09 bits per heavy atom. The SMILES string of the molecule is O=C(NC1[C@H](n2ccc(=O)[nH]c2=O)O[C@H](CO)[C@H]1O)C(F)(F)F. The van der Waals surface area contributed by atoms with Gasteiger partial charge in [-0.05, 0) is 0 Å². The van der Waals surface area contributed by atoms with Gasteiger partial charge >= 0.3 is 17.8 Å². The van der Waals surface area contributed by atoms with Crippen LogP contribution in [-0.4, -0.2) is 56.7 Å². The number of hydrogen-bond donors (Lipinski definition) is 4. The first-order valence-electron chi connectivity index (χ1n) is 6.28. The summed E-state index contributed by atoms with van der Waals surface area (Å²) in [6.07, 6.45) is -8.84. The Bertz CT molecular complexity index is 699. The van der Waals surface area contributed by atoms with Crippen LogP contribution in [0.4, 0.5) is 13.2 Å². The molecular formula is C11H12F3N3O6. The standard InChI is InChI=1S/C11H12F3N3O6/c12-11(13,14)9(21)16-6-7(20)4(3-18)23-8(6)17-2-1-5(19)15-10(17)22/h1-2,4,6-8,18,20H,3H2,(H,16,21)(H,15,19,22)/t4-,6?,7-,8-/m1/s1. The topological polar surface area (TPSA) is 134 Å². The number of aromatic nitrogens is 2. The van der Waals surface area contributed by atoms with Crippen LogP contribution in [0.25, 0.3) is 0 Å². The number of halogens is 3. The van der Waals surface area contributed by atoms with E-state index in [2.05, 4.69) is 0 Å². The quantitative estimate of drug-likeness (QED) is 0.495. The van der Waals surface area contributed by atoms with Crippen LogP contribution in [-0.2, 0) is 9.53 Å². The number of carbonyl (C=O) groups is 1. The number of alkyl halides is 3. The zero-order chi connectivity index (χ0) is 17.4. The summed E-state index contributed by atoms with van der Waals surface area (Å²) >= 11 is 0. The molecule has 1 unspecified atom stereocenters. The number of carbonyl (C=O) groups excluding carboxylic acids is 1. The van der Waals surface area contributed by atoms with Crippen molar-refractivity contribution in [3.8, 4) is 0 Å². The molecule has 0 aliphatic carbocycles. The van der Waals surface area contributed by atoms with Crippen LogP contribution < -0.4 is 16.6 Å². The van der Waals surface area contributed by atoms with E-state index in [1.807, 2.05) is 4.98 Å². The maximum atomic E-state index is 12.4. The second kappa shape index (κ2) is 6.14. The molecule has 12 heteroatoms. The van der Waals surface area contributed by atoms with Gasteiger partial charge in [0.25, 0.3) is 5.56 Å². The summed E-state index contributed by atoms with van der Waals surface area (Å²) in [6.45, 7) is -0.756. The van der Waals surface area contributed by atoms with Crippen LogP contribution in [0.3, 0.4) is 0 Å². The highest BCUT2D eigenvalue weighted by atomic mass is 19.4. The molecule has 4 N–H and O–H groups in total. The maximum Gasteiger partial charge on any atom is 0.471 e. The van der Waals surface area contributed by atoms with Crippen LogP contribution in [0.5, 0.6) is 0 Å². The van der Waals surface area contributed by atoms with E-state index in [-0.39, 0.29) is 0 Å². The minimum atomic E-state index is -5.21. The summed E-state index contributed by atoms with van der Waals surface area (Å²) in [5, 5.41) is 20.5. The van der Waals surface area contributed by atoms with Gasteiger partial charge in [0, 0.05) is 12.3 Å². The van der Waals surface area contributed by atoms with E-state index >= 15 is 0 Å². The smallest absolute Gasteiger partial charge is 0.394 e. The van der Waals surface area contributed by atoms with Gasteiger partial charge in [-0.25, -0.2) is 4.79 Å². The first kappa shape index (κ1) is 17.2. The van der Waals surface area contributed by atoms with Crippen molar-refractivity contribution in [3.63, 3.8) is 0 Å². The van der Waals surface area contributed by atoms with Gasteiger partial charge in [-0.1, -0.05) is 0 Å². The predicted octanol–water partition coefficient (Wildman–Crippen LogP) is -2.17. The second-order valence-corrected chi connectivity index (χ2v) is 4.75. The Labute approximate surface area is 125 Å². The molecule has 1 aromatic rings. The molecule has 1 aliphatic heterocycles. The Morgan fingerprint density at radius 1 is 1.43 bits per heavy atom. The van der Waals surface area contributed by atoms with Crippen LogP contribution in [0.15, 0.2) is 21.9 Å². The van der Waals surface area contributed by atoms with Crippen molar-refractivity contribution >= 4 is 5.91 Å². The van der Waals surface area contributed by atoms with E-state index in [4.69, 9.17) is 9.84 Å². The van der Waals surface area contributed by atoms with E-state index in [1.165, 1.54) is 5.32 Å². The number of amides is 1. The number of hydrogen-bond acceptors (Lipinski definition) is 6. The van der Waals surface area contributed by atoms with Crippen LogP contribution in [0.2, 0.25) is 0 Å². The lowest BCUT2D eigenvalue weighted by Gasteiger charge is -2.23. The molecule has 1 aliphatic rings. The number of H-pyrrole nitrogens is 1. The molecule has 128 valence electrons. The van der Waals surface area contributed by atoms with E-state index in [9.17, 15) is 32.7 Å². The van der Waals surface area contributed by atoms with Crippen molar-refractivity contribution in [2.75, 3.05) is 6.61 Å². The zero-order valence-corrected chi connectivity index (χ0v) is 11.3. The fraction of sp³-hybridized carbons (Fsp3) is 0.545. The summed E-state index contributed by atoms with van der Waals surface area (Å²) in [7, 11) is 0. The largest absolute Gasteiger partial charge is 0.471 e. The predicted molar refractivity (Wildman–Crippen MR) is 66.3 cm³/mol. The minimum Gasteiger partial charge on any atom is -0.394 e. The lowest BCUT2D eigenvalue weighted by atomic mass is 10.1. The summed E-state index contributed by atoms with van der Waals surface area (Å²) < 4.78 is 42.9. The van der Waals surface area contributed by atoms with Crippen molar-refractivity contribution in [1.82, 2.24) is 14.9 Å². The lowest BCUT2D eigenvalue weighted by molar-refractivity contribution is -0.175. The molecule has 1 fully saturated rings. The first-order chi connectivity index (χ1) is 10.6. The van der Waals surface area contributed by atoms with Crippen molar-refractivity contribution in [3.05, 3.63) is 33.1 Å². The van der Waals surface area contributed by atoms with Gasteiger partial charge in [0.05, 0.1) is 6.61 Å². The van der Waals surface area contributed by atoms with Gasteiger partial charge in [0.15, 0.2) is 6.23 Å². The number of aliphatic hydroxyl groups excluding tert-OH is 2. The fourth-order valence-electron chi connectivity index (χ4n) is 2.15. The Kier molecular flexibility index (Phi) is 4.58. The van der Waals surface area contributed by atoms with Gasteiger partial charge in [-0.3, -0.25) is 19.1 Å². The molecule has 0 radical (unpaired) electrons. The van der Waals surface area contributed by atoms with Gasteiger partial charge in [-0.2, -0.15) is 13.2 Å². The maximum absolute atomic E-state index is 12.4. The van der Waals surface area contributed by atoms with Gasteiger partial charge < -0.3 is 20.3 Å². The van der Waals surface area contributed by atoms with Crippen molar-refractivity contribution in [2.24, 2.45) is 0 Å². The molecule has 1 aromatic heterocycles. The fourth-order valence-corrected chi connectivity index (χ4v) is 2.15. The molecule has 2 rings (SSSR count). The van der Waals surface area contributed by atoms with Crippen molar-refractivity contribution in [2.45, 2.75) is 30.7 Å². The van der Waals surface area contributed by atoms with Crippen molar-refractivity contribution in [1.29, 1.82) is 0 Å². The van der Waals surface area contributed by atoms with Crippen LogP contribution in [0.1, 0.15) is 6.23 Å². The number of ether oxygens (including phenoxy) is 1. The average Bonchev–Trinajstić information content (AvgIpc) is 2.75. The molecule has 0 bridgehead atoms. The van der Waals surface area contributed by atoms with Gasteiger partial charge in [0.1, 0.15) is 18.2 Å². The van der Waals surface area contributed by atoms with E-state index in [1.54, 1.807) is 0 Å². The van der Waals surface area contributed by atoms with E-state index < -0.39 is 54.4 Å². The molecule has 1 amide bonds. The van der Waals surface area contributed by atoms with Gasteiger partial charge in [0.2, 0.25) is 0 Å². The van der Waals surface area contributed by atoms with E-state index in [0.717, 1.165) is 12.3 Å². The number of aromatic amines is 1. The van der Waals surface area contributed by atoms with E-state index in [0.29, 0.717) is 4.57 Å². The molecular weight excluding hydrogens is 327 g/mol. The summed E-state index contributed by atoms with van der Waals surface area (Å²) in [5.41, 5.74) is -1.76. The Balaban J connectivity index is 2.37. The number of nitrogens with one attached hydrogen (secondary N) is 2. The molecule has 9 nitrogen and oxygen atoms in total. The molecule has 23 heavy (non-hydrogen) atoms. The highest BCUT2D eigenvalue weighted by Gasteiger charge is 2.49. The third kappa shape index (κ3) is 3.43. The van der Waals surface area contributed by atoms with Crippen LogP contribution in [0, 0.1) is 0 Å². The molecule has 1 saturated heterocycles. The first-order valence-corrected chi connectivity index (χ1v) is 6.28. The Hall–Kier alpha value is -2.18. The van der Waals surface area contributed by atoms with Crippen LogP contribution >= 0.6 is 0 Å². The molecule has 2 heterocycles.